The number of carbonyl (C=O) groups excluding carboxylic acids is 1. The van der Waals surface area contributed by atoms with E-state index < -0.39 is 0 Å². The molecule has 1 heterocycles. The lowest BCUT2D eigenvalue weighted by Crippen LogP contribution is -2.26. The van der Waals surface area contributed by atoms with Gasteiger partial charge >= 0.3 is 0 Å². The van der Waals surface area contributed by atoms with E-state index >= 15 is 0 Å². The van der Waals surface area contributed by atoms with Gasteiger partial charge in [-0.2, -0.15) is 0 Å². The van der Waals surface area contributed by atoms with Gasteiger partial charge in [-0.15, -0.1) is 0 Å². The van der Waals surface area contributed by atoms with E-state index in [9.17, 15) is 9.90 Å². The minimum absolute atomic E-state index is 0.122. The molecule has 1 aromatic heterocycles. The molecule has 4 heteroatoms. The van der Waals surface area contributed by atoms with Crippen LogP contribution in [0.3, 0.4) is 0 Å². The largest absolute Gasteiger partial charge is 0.465 e. The molecule has 0 radical (unpaired) electrons. The summed E-state index contributed by atoms with van der Waals surface area (Å²) in [7, 11) is 0. The Labute approximate surface area is 100 Å². The maximum Gasteiger partial charge on any atom is 0.244 e. The van der Waals surface area contributed by atoms with Gasteiger partial charge in [-0.05, 0) is 43.4 Å². The summed E-state index contributed by atoms with van der Waals surface area (Å²) < 4.78 is 5.08. The van der Waals surface area contributed by atoms with E-state index in [4.69, 9.17) is 4.42 Å². The van der Waals surface area contributed by atoms with Crippen LogP contribution in [0.4, 0.5) is 0 Å². The SMILES string of the molecule is O=C(/C=C/c1ccco1)NCC1CCC(O)C1. The van der Waals surface area contributed by atoms with Gasteiger partial charge in [0.15, 0.2) is 0 Å². The average molecular weight is 235 g/mol. The van der Waals surface area contributed by atoms with Crippen molar-refractivity contribution in [2.24, 2.45) is 5.92 Å². The van der Waals surface area contributed by atoms with Gasteiger partial charge in [0.25, 0.3) is 0 Å². The van der Waals surface area contributed by atoms with Gasteiger partial charge in [0.2, 0.25) is 5.91 Å². The van der Waals surface area contributed by atoms with Crippen molar-refractivity contribution in [2.45, 2.75) is 25.4 Å². The van der Waals surface area contributed by atoms with Crippen LogP contribution in [0.5, 0.6) is 0 Å². The molecule has 92 valence electrons. The van der Waals surface area contributed by atoms with Gasteiger partial charge < -0.3 is 14.8 Å². The minimum Gasteiger partial charge on any atom is -0.465 e. The zero-order valence-electron chi connectivity index (χ0n) is 9.63. The molecule has 1 saturated carbocycles. The molecule has 2 atom stereocenters. The molecule has 0 bridgehead atoms. The molecule has 1 aromatic rings. The Hall–Kier alpha value is -1.55. The number of furan rings is 1. The van der Waals surface area contributed by atoms with Gasteiger partial charge in [-0.25, -0.2) is 0 Å². The fraction of sp³-hybridized carbons (Fsp3) is 0.462. The van der Waals surface area contributed by atoms with Crippen LogP contribution in [0.2, 0.25) is 0 Å². The molecule has 2 N–H and O–H groups in total. The van der Waals surface area contributed by atoms with E-state index in [-0.39, 0.29) is 12.0 Å². The van der Waals surface area contributed by atoms with E-state index in [0.29, 0.717) is 18.2 Å². The van der Waals surface area contributed by atoms with Crippen LogP contribution in [0.25, 0.3) is 6.08 Å². The van der Waals surface area contributed by atoms with Crippen molar-refractivity contribution >= 4 is 12.0 Å². The lowest BCUT2D eigenvalue weighted by atomic mass is 10.1. The highest BCUT2D eigenvalue weighted by Crippen LogP contribution is 2.24. The van der Waals surface area contributed by atoms with Crippen molar-refractivity contribution in [3.8, 4) is 0 Å². The summed E-state index contributed by atoms with van der Waals surface area (Å²) in [5, 5.41) is 12.2. The van der Waals surface area contributed by atoms with Crippen molar-refractivity contribution in [3.63, 3.8) is 0 Å². The Morgan fingerprint density at radius 2 is 2.47 bits per heavy atom. The molecule has 2 unspecified atom stereocenters. The highest BCUT2D eigenvalue weighted by molar-refractivity contribution is 5.91. The minimum atomic E-state index is -0.185. The highest BCUT2D eigenvalue weighted by Gasteiger charge is 2.22. The van der Waals surface area contributed by atoms with Gasteiger partial charge in [0.05, 0.1) is 12.4 Å². The van der Waals surface area contributed by atoms with E-state index in [2.05, 4.69) is 5.32 Å². The van der Waals surface area contributed by atoms with E-state index in [0.717, 1.165) is 19.3 Å². The third kappa shape index (κ3) is 3.75. The Balaban J connectivity index is 1.71. The summed E-state index contributed by atoms with van der Waals surface area (Å²) >= 11 is 0. The van der Waals surface area contributed by atoms with Crippen LogP contribution >= 0.6 is 0 Å². The van der Waals surface area contributed by atoms with E-state index in [1.807, 2.05) is 0 Å². The Kier molecular flexibility index (Phi) is 3.98. The second-order valence-corrected chi connectivity index (χ2v) is 4.43. The highest BCUT2D eigenvalue weighted by atomic mass is 16.3. The van der Waals surface area contributed by atoms with Crippen LogP contribution in [-0.2, 0) is 4.79 Å². The maximum atomic E-state index is 11.5. The van der Waals surface area contributed by atoms with Gasteiger partial charge in [-0.3, -0.25) is 4.79 Å². The normalized spacial score (nSPS) is 24.3. The number of amides is 1. The fourth-order valence-corrected chi connectivity index (χ4v) is 2.08. The smallest absolute Gasteiger partial charge is 0.244 e. The monoisotopic (exact) mass is 235 g/mol. The lowest BCUT2D eigenvalue weighted by molar-refractivity contribution is -0.116. The number of hydrogen-bond donors (Lipinski definition) is 2. The van der Waals surface area contributed by atoms with E-state index in [1.54, 1.807) is 24.5 Å². The van der Waals surface area contributed by atoms with E-state index in [1.165, 1.54) is 6.08 Å². The van der Waals surface area contributed by atoms with Gasteiger partial charge in [-0.1, -0.05) is 0 Å². The topological polar surface area (TPSA) is 62.5 Å². The van der Waals surface area contributed by atoms with Crippen LogP contribution in [-0.4, -0.2) is 23.7 Å². The summed E-state index contributed by atoms with van der Waals surface area (Å²) in [4.78, 5) is 11.5. The zero-order chi connectivity index (χ0) is 12.1. The Morgan fingerprint density at radius 1 is 1.59 bits per heavy atom. The maximum absolute atomic E-state index is 11.5. The summed E-state index contributed by atoms with van der Waals surface area (Å²) in [6, 6.07) is 3.56. The molecule has 1 aliphatic rings. The van der Waals surface area contributed by atoms with Crippen molar-refractivity contribution in [3.05, 3.63) is 30.2 Å². The molecule has 2 rings (SSSR count). The molecule has 0 aliphatic heterocycles. The first kappa shape index (κ1) is 11.9. The van der Waals surface area contributed by atoms with Crippen molar-refractivity contribution in [1.82, 2.24) is 5.32 Å². The molecule has 1 fully saturated rings. The molecule has 1 amide bonds. The number of aliphatic hydroxyl groups excluding tert-OH is 1. The van der Waals surface area contributed by atoms with Crippen LogP contribution in [0.15, 0.2) is 28.9 Å². The second-order valence-electron chi connectivity index (χ2n) is 4.43. The van der Waals surface area contributed by atoms with Gasteiger partial charge in [0, 0.05) is 12.6 Å². The number of nitrogens with one attached hydrogen (secondary N) is 1. The van der Waals surface area contributed by atoms with Crippen LogP contribution in [0, 0.1) is 5.92 Å². The van der Waals surface area contributed by atoms with Crippen LogP contribution < -0.4 is 5.32 Å². The zero-order valence-corrected chi connectivity index (χ0v) is 9.63. The number of rotatable bonds is 4. The number of hydrogen-bond acceptors (Lipinski definition) is 3. The molecule has 1 aliphatic carbocycles. The summed E-state index contributed by atoms with van der Waals surface area (Å²) in [5.74, 6) is 0.949. The molecule has 4 nitrogen and oxygen atoms in total. The van der Waals surface area contributed by atoms with Crippen molar-refractivity contribution in [2.75, 3.05) is 6.54 Å². The summed E-state index contributed by atoms with van der Waals surface area (Å²) in [6.45, 7) is 0.637. The quantitative estimate of drug-likeness (QED) is 0.779. The van der Waals surface area contributed by atoms with Crippen LogP contribution in [0.1, 0.15) is 25.0 Å². The third-order valence-corrected chi connectivity index (χ3v) is 3.02. The average Bonchev–Trinajstić information content (AvgIpc) is 2.95. The number of aliphatic hydroxyl groups is 1. The molecule has 0 aromatic carbocycles. The first-order valence-corrected chi connectivity index (χ1v) is 5.91. The third-order valence-electron chi connectivity index (χ3n) is 3.02. The Morgan fingerprint density at radius 3 is 3.12 bits per heavy atom. The summed E-state index contributed by atoms with van der Waals surface area (Å²) in [6.07, 6.45) is 7.12. The predicted molar refractivity (Wildman–Crippen MR) is 64.1 cm³/mol. The standard InChI is InChI=1S/C13H17NO3/c15-11-4-3-10(8-11)9-14-13(16)6-5-12-2-1-7-17-12/h1-2,5-7,10-11,15H,3-4,8-9H2,(H,14,16)/b6-5+. The predicted octanol–water partition coefficient (Wildman–Crippen LogP) is 1.57. The molecule has 0 spiro atoms. The molecule has 0 saturated heterocycles. The number of carbonyl (C=O) groups is 1. The molecular formula is C13H17NO3. The second kappa shape index (κ2) is 5.68. The molecular weight excluding hydrogens is 218 g/mol. The van der Waals surface area contributed by atoms with Gasteiger partial charge in [0.1, 0.15) is 5.76 Å². The molecule has 17 heavy (non-hydrogen) atoms. The van der Waals surface area contributed by atoms with Crippen molar-refractivity contribution in [1.29, 1.82) is 0 Å². The Bertz CT molecular complexity index is 383. The summed E-state index contributed by atoms with van der Waals surface area (Å²) in [5.41, 5.74) is 0. The first-order chi connectivity index (χ1) is 8.24. The first-order valence-electron chi connectivity index (χ1n) is 5.91. The lowest BCUT2D eigenvalue weighted by Gasteiger charge is -2.08. The fourth-order valence-electron chi connectivity index (χ4n) is 2.08. The van der Waals surface area contributed by atoms with Crippen molar-refractivity contribution < 1.29 is 14.3 Å².